The number of benzene rings is 1. The second kappa shape index (κ2) is 8.06. The molecule has 7 nitrogen and oxygen atoms in total. The molecule has 3 rings (SSSR count). The molecule has 1 fully saturated rings. The molecule has 0 atom stereocenters. The van der Waals surface area contributed by atoms with E-state index in [-0.39, 0.29) is 27.8 Å². The van der Waals surface area contributed by atoms with Gasteiger partial charge in [-0.05, 0) is 43.0 Å². The topological polar surface area (TPSA) is 88.5 Å². The van der Waals surface area contributed by atoms with Crippen LogP contribution in [0.5, 0.6) is 0 Å². The van der Waals surface area contributed by atoms with E-state index in [0.29, 0.717) is 32.5 Å². The van der Waals surface area contributed by atoms with Crippen molar-refractivity contribution in [3.05, 3.63) is 64.6 Å². The second-order valence-corrected chi connectivity index (χ2v) is 8.51. The monoisotopic (exact) mass is 389 g/mol. The number of hydrogen-bond donors (Lipinski definition) is 1. The number of aromatic nitrogens is 1. The predicted octanol–water partition coefficient (Wildman–Crippen LogP) is 1.22. The Balaban J connectivity index is 1.55. The fraction of sp³-hybridized carbons (Fsp3) is 0.368. The van der Waals surface area contributed by atoms with Gasteiger partial charge in [-0.2, -0.15) is 0 Å². The number of likely N-dealkylation sites (tertiary alicyclic amines) is 1. The van der Waals surface area contributed by atoms with Crippen LogP contribution in [0.15, 0.2) is 58.4 Å². The Hall–Kier alpha value is -2.45. The summed E-state index contributed by atoms with van der Waals surface area (Å²) in [5.41, 5.74) is -0.136. The van der Waals surface area contributed by atoms with Gasteiger partial charge in [0.15, 0.2) is 0 Å². The molecule has 1 N–H and O–H groups in total. The summed E-state index contributed by atoms with van der Waals surface area (Å²) in [5, 5.41) is 0. The lowest BCUT2D eigenvalue weighted by Crippen LogP contribution is -2.43. The van der Waals surface area contributed by atoms with E-state index >= 15 is 0 Å². The molecule has 0 spiro atoms. The summed E-state index contributed by atoms with van der Waals surface area (Å²) in [4.78, 5) is 26.6. The van der Waals surface area contributed by atoms with E-state index in [9.17, 15) is 18.0 Å². The Morgan fingerprint density at radius 2 is 1.78 bits per heavy atom. The van der Waals surface area contributed by atoms with Crippen molar-refractivity contribution >= 4 is 15.9 Å². The molecule has 27 heavy (non-hydrogen) atoms. The summed E-state index contributed by atoms with van der Waals surface area (Å²) in [7, 11) is -1.90. The zero-order valence-corrected chi connectivity index (χ0v) is 16.0. The Morgan fingerprint density at radius 1 is 1.11 bits per heavy atom. The minimum absolute atomic E-state index is 0.158. The van der Waals surface area contributed by atoms with Gasteiger partial charge in [0, 0.05) is 32.9 Å². The maximum atomic E-state index is 12.6. The smallest absolute Gasteiger partial charge is 0.263 e. The Kier molecular flexibility index (Phi) is 5.76. The number of nitrogens with zero attached hydrogens (tertiary/aromatic N) is 2. The Bertz CT molecular complexity index is 962. The van der Waals surface area contributed by atoms with Crippen molar-refractivity contribution in [3.63, 3.8) is 0 Å². The number of carbonyl (C=O) groups excluding carboxylic acids is 1. The fourth-order valence-electron chi connectivity index (χ4n) is 3.18. The largest absolute Gasteiger partial charge is 0.338 e. The number of sulfonamides is 1. The van der Waals surface area contributed by atoms with Crippen LogP contribution in [0.1, 0.15) is 23.2 Å². The Labute approximate surface area is 158 Å². The number of pyridine rings is 1. The molecule has 0 aliphatic carbocycles. The zero-order chi connectivity index (χ0) is 19.4. The summed E-state index contributed by atoms with van der Waals surface area (Å²) < 4.78 is 28.6. The minimum atomic E-state index is -3.52. The third kappa shape index (κ3) is 4.45. The van der Waals surface area contributed by atoms with Crippen LogP contribution in [0.3, 0.4) is 0 Å². The molecule has 0 bridgehead atoms. The summed E-state index contributed by atoms with van der Waals surface area (Å²) in [6.07, 6.45) is 3.00. The number of amides is 1. The lowest BCUT2D eigenvalue weighted by Gasteiger charge is -2.32. The van der Waals surface area contributed by atoms with Crippen LogP contribution >= 0.6 is 0 Å². The van der Waals surface area contributed by atoms with Crippen LogP contribution in [0.25, 0.3) is 0 Å². The highest BCUT2D eigenvalue weighted by molar-refractivity contribution is 7.89. The van der Waals surface area contributed by atoms with Crippen LogP contribution in [0.2, 0.25) is 0 Å². The molecule has 0 radical (unpaired) electrons. The first-order valence-corrected chi connectivity index (χ1v) is 10.4. The normalized spacial score (nSPS) is 15.7. The summed E-state index contributed by atoms with van der Waals surface area (Å²) >= 11 is 0. The first-order valence-electron chi connectivity index (χ1n) is 8.88. The van der Waals surface area contributed by atoms with Gasteiger partial charge in [-0.1, -0.05) is 18.2 Å². The molecule has 0 unspecified atom stereocenters. The van der Waals surface area contributed by atoms with Crippen molar-refractivity contribution in [1.82, 2.24) is 14.2 Å². The molecule has 0 saturated carbocycles. The van der Waals surface area contributed by atoms with Gasteiger partial charge in [-0.3, -0.25) is 9.59 Å². The molecule has 1 amide bonds. The lowest BCUT2D eigenvalue weighted by atomic mass is 9.97. The van der Waals surface area contributed by atoms with Crippen molar-refractivity contribution < 1.29 is 13.2 Å². The standard InChI is InChI=1S/C19H23N3O4S/c1-21-11-5-8-17(18(21)23)19(24)22-12-9-15(10-13-22)14-20-27(25,26)16-6-3-2-4-7-16/h2-8,11,15,20H,9-10,12-14H2,1H3. The van der Waals surface area contributed by atoms with E-state index in [1.807, 2.05) is 0 Å². The van der Waals surface area contributed by atoms with Crippen molar-refractivity contribution in [2.45, 2.75) is 17.7 Å². The number of hydrogen-bond acceptors (Lipinski definition) is 4. The third-order valence-corrected chi connectivity index (χ3v) is 6.31. The number of aryl methyl sites for hydroxylation is 1. The molecule has 1 aromatic heterocycles. The van der Waals surface area contributed by atoms with Gasteiger partial charge in [0.2, 0.25) is 10.0 Å². The second-order valence-electron chi connectivity index (χ2n) is 6.74. The maximum absolute atomic E-state index is 12.6. The van der Waals surface area contributed by atoms with Gasteiger partial charge in [0.1, 0.15) is 5.56 Å². The van der Waals surface area contributed by atoms with Crippen molar-refractivity contribution in [1.29, 1.82) is 0 Å². The lowest BCUT2D eigenvalue weighted by molar-refractivity contribution is 0.0689. The van der Waals surface area contributed by atoms with Gasteiger partial charge >= 0.3 is 0 Å². The van der Waals surface area contributed by atoms with E-state index in [4.69, 9.17) is 0 Å². The molecule has 1 aliphatic heterocycles. The molecule has 2 heterocycles. The molecule has 1 aliphatic rings. The predicted molar refractivity (Wildman–Crippen MR) is 102 cm³/mol. The maximum Gasteiger partial charge on any atom is 0.263 e. The van der Waals surface area contributed by atoms with Crippen molar-refractivity contribution in [2.75, 3.05) is 19.6 Å². The minimum Gasteiger partial charge on any atom is -0.338 e. The van der Waals surface area contributed by atoms with Crippen LogP contribution in [-0.4, -0.2) is 43.4 Å². The van der Waals surface area contributed by atoms with E-state index in [1.54, 1.807) is 60.6 Å². The van der Waals surface area contributed by atoms with Crippen molar-refractivity contribution in [2.24, 2.45) is 13.0 Å². The molecule has 144 valence electrons. The van der Waals surface area contributed by atoms with E-state index < -0.39 is 10.0 Å². The summed E-state index contributed by atoms with van der Waals surface area (Å²) in [6, 6.07) is 11.5. The average Bonchev–Trinajstić information content (AvgIpc) is 2.69. The van der Waals surface area contributed by atoms with Gasteiger partial charge in [0.25, 0.3) is 11.5 Å². The fourth-order valence-corrected chi connectivity index (χ4v) is 4.32. The highest BCUT2D eigenvalue weighted by atomic mass is 32.2. The summed E-state index contributed by atoms with van der Waals surface area (Å²) in [6.45, 7) is 1.36. The number of nitrogens with one attached hydrogen (secondary N) is 1. The van der Waals surface area contributed by atoms with Crippen LogP contribution in [0.4, 0.5) is 0 Å². The number of piperidine rings is 1. The van der Waals surface area contributed by atoms with Gasteiger partial charge in [0.05, 0.1) is 4.90 Å². The zero-order valence-electron chi connectivity index (χ0n) is 15.2. The molecular weight excluding hydrogens is 366 g/mol. The van der Waals surface area contributed by atoms with Crippen molar-refractivity contribution in [3.8, 4) is 0 Å². The van der Waals surface area contributed by atoms with E-state index in [2.05, 4.69) is 4.72 Å². The third-order valence-electron chi connectivity index (χ3n) is 4.87. The first kappa shape index (κ1) is 19.3. The highest BCUT2D eigenvalue weighted by Crippen LogP contribution is 2.19. The summed E-state index contributed by atoms with van der Waals surface area (Å²) in [5.74, 6) is -0.106. The van der Waals surface area contributed by atoms with E-state index in [1.165, 1.54) is 4.57 Å². The number of rotatable bonds is 5. The number of carbonyl (C=O) groups is 1. The first-order chi connectivity index (χ1) is 12.9. The van der Waals surface area contributed by atoms with E-state index in [0.717, 1.165) is 0 Å². The quantitative estimate of drug-likeness (QED) is 0.833. The molecule has 2 aromatic rings. The van der Waals surface area contributed by atoms with Crippen LogP contribution < -0.4 is 10.3 Å². The van der Waals surface area contributed by atoms with Gasteiger partial charge in [-0.25, -0.2) is 13.1 Å². The highest BCUT2D eigenvalue weighted by Gasteiger charge is 2.26. The van der Waals surface area contributed by atoms with Crippen LogP contribution in [-0.2, 0) is 17.1 Å². The molecule has 1 aromatic carbocycles. The SMILES string of the molecule is Cn1cccc(C(=O)N2CCC(CNS(=O)(=O)c3ccccc3)CC2)c1=O. The van der Waals surface area contributed by atoms with Gasteiger partial charge in [-0.15, -0.1) is 0 Å². The molecular formula is C19H23N3O4S. The average molecular weight is 389 g/mol. The van der Waals surface area contributed by atoms with Gasteiger partial charge < -0.3 is 9.47 Å². The molecule has 8 heteroatoms. The molecule has 1 saturated heterocycles. The van der Waals surface area contributed by atoms with Crippen LogP contribution in [0, 0.1) is 5.92 Å². The Morgan fingerprint density at radius 3 is 2.44 bits per heavy atom.